The van der Waals surface area contributed by atoms with E-state index in [4.69, 9.17) is 4.74 Å². The van der Waals surface area contributed by atoms with Gasteiger partial charge >= 0.3 is 0 Å². The van der Waals surface area contributed by atoms with E-state index in [0.717, 1.165) is 42.5 Å². The van der Waals surface area contributed by atoms with Crippen LogP contribution < -0.4 is 10.6 Å². The molecule has 1 amide bonds. The van der Waals surface area contributed by atoms with E-state index < -0.39 is 5.60 Å². The molecule has 0 aliphatic heterocycles. The van der Waals surface area contributed by atoms with E-state index in [0.29, 0.717) is 24.5 Å². The van der Waals surface area contributed by atoms with Crippen LogP contribution in [-0.2, 0) is 10.3 Å². The molecule has 1 aliphatic rings. The summed E-state index contributed by atoms with van der Waals surface area (Å²) >= 11 is 0. The van der Waals surface area contributed by atoms with E-state index in [2.05, 4.69) is 10.6 Å². The SMILES string of the molecule is CNCC(CC1CCCCC1)NC(=O)c1cccc(C(O)(CCCCOC)c2ccc(C)cc2)c1. The maximum absolute atomic E-state index is 13.3. The predicted molar refractivity (Wildman–Crippen MR) is 143 cm³/mol. The minimum absolute atomic E-state index is 0.0754. The number of aryl methyl sites for hydroxylation is 1. The third-order valence-electron chi connectivity index (χ3n) is 7.40. The lowest BCUT2D eigenvalue weighted by atomic mass is 9.81. The molecule has 35 heavy (non-hydrogen) atoms. The van der Waals surface area contributed by atoms with Crippen molar-refractivity contribution in [3.8, 4) is 0 Å². The molecule has 1 saturated carbocycles. The Labute approximate surface area is 211 Å². The van der Waals surface area contributed by atoms with Crippen LogP contribution in [0.5, 0.6) is 0 Å². The van der Waals surface area contributed by atoms with Gasteiger partial charge in [-0.25, -0.2) is 0 Å². The summed E-state index contributed by atoms with van der Waals surface area (Å²) in [7, 11) is 3.63. The fraction of sp³-hybridized carbons (Fsp3) is 0.567. The van der Waals surface area contributed by atoms with Gasteiger partial charge in [-0.2, -0.15) is 0 Å². The fourth-order valence-electron chi connectivity index (χ4n) is 5.36. The highest BCUT2D eigenvalue weighted by atomic mass is 16.5. The number of carbonyl (C=O) groups is 1. The van der Waals surface area contributed by atoms with E-state index in [1.807, 2.05) is 62.5 Å². The topological polar surface area (TPSA) is 70.6 Å². The van der Waals surface area contributed by atoms with Gasteiger partial charge < -0.3 is 20.5 Å². The lowest BCUT2D eigenvalue weighted by molar-refractivity contribution is 0.0650. The number of benzene rings is 2. The van der Waals surface area contributed by atoms with Gasteiger partial charge in [0.15, 0.2) is 0 Å². The zero-order valence-corrected chi connectivity index (χ0v) is 21.8. The number of likely N-dealkylation sites (N-methyl/N-ethyl adjacent to an activating group) is 1. The summed E-state index contributed by atoms with van der Waals surface area (Å²) in [4.78, 5) is 13.3. The summed E-state index contributed by atoms with van der Waals surface area (Å²) in [6, 6.07) is 15.7. The van der Waals surface area contributed by atoms with E-state index in [1.54, 1.807) is 7.11 Å². The number of unbranched alkanes of at least 4 members (excludes halogenated alkanes) is 1. The zero-order valence-electron chi connectivity index (χ0n) is 21.8. The Morgan fingerprint density at radius 2 is 1.83 bits per heavy atom. The highest BCUT2D eigenvalue weighted by molar-refractivity contribution is 5.94. The molecule has 1 aliphatic carbocycles. The van der Waals surface area contributed by atoms with Gasteiger partial charge in [-0.15, -0.1) is 0 Å². The summed E-state index contributed by atoms with van der Waals surface area (Å²) in [5.74, 6) is 0.612. The van der Waals surface area contributed by atoms with Crippen LogP contribution >= 0.6 is 0 Å². The van der Waals surface area contributed by atoms with Crippen molar-refractivity contribution in [2.75, 3.05) is 27.3 Å². The van der Waals surface area contributed by atoms with Crippen LogP contribution in [0.2, 0.25) is 0 Å². The Morgan fingerprint density at radius 3 is 2.51 bits per heavy atom. The van der Waals surface area contributed by atoms with Gasteiger partial charge in [0.05, 0.1) is 0 Å². The third kappa shape index (κ3) is 7.89. The van der Waals surface area contributed by atoms with Gasteiger partial charge in [0.1, 0.15) is 5.60 Å². The van der Waals surface area contributed by atoms with Gasteiger partial charge in [-0.3, -0.25) is 4.79 Å². The van der Waals surface area contributed by atoms with Crippen LogP contribution in [0.1, 0.15) is 84.8 Å². The lowest BCUT2D eigenvalue weighted by Gasteiger charge is -2.30. The molecule has 3 N–H and O–H groups in total. The normalized spacial score (nSPS) is 17.0. The van der Waals surface area contributed by atoms with E-state index >= 15 is 0 Å². The minimum atomic E-state index is -1.16. The molecule has 3 rings (SSSR count). The van der Waals surface area contributed by atoms with Crippen molar-refractivity contribution in [1.82, 2.24) is 10.6 Å². The van der Waals surface area contributed by atoms with Crippen molar-refractivity contribution in [3.63, 3.8) is 0 Å². The molecule has 0 bridgehead atoms. The molecule has 1 fully saturated rings. The second-order valence-corrected chi connectivity index (χ2v) is 10.2. The monoisotopic (exact) mass is 480 g/mol. The number of nitrogens with one attached hydrogen (secondary N) is 2. The van der Waals surface area contributed by atoms with Gasteiger partial charge in [0, 0.05) is 31.9 Å². The van der Waals surface area contributed by atoms with Crippen LogP contribution in [0, 0.1) is 12.8 Å². The van der Waals surface area contributed by atoms with Crippen molar-refractivity contribution in [3.05, 3.63) is 70.8 Å². The van der Waals surface area contributed by atoms with Crippen molar-refractivity contribution in [2.24, 2.45) is 5.92 Å². The first kappa shape index (κ1) is 27.4. The first-order chi connectivity index (χ1) is 17.0. The zero-order chi connectivity index (χ0) is 25.1. The van der Waals surface area contributed by atoms with Crippen LogP contribution in [0.15, 0.2) is 48.5 Å². The largest absolute Gasteiger partial charge is 0.385 e. The average Bonchev–Trinajstić information content (AvgIpc) is 2.87. The highest BCUT2D eigenvalue weighted by Gasteiger charge is 2.32. The molecule has 0 radical (unpaired) electrons. The maximum Gasteiger partial charge on any atom is 0.251 e. The van der Waals surface area contributed by atoms with Crippen molar-refractivity contribution in [1.29, 1.82) is 0 Å². The number of carbonyl (C=O) groups excluding carboxylic acids is 1. The molecular weight excluding hydrogens is 436 g/mol. The number of hydrogen-bond donors (Lipinski definition) is 3. The van der Waals surface area contributed by atoms with Gasteiger partial charge in [-0.05, 0) is 68.8 Å². The van der Waals surface area contributed by atoms with Crippen molar-refractivity contribution >= 4 is 5.91 Å². The second-order valence-electron chi connectivity index (χ2n) is 10.2. The fourth-order valence-corrected chi connectivity index (χ4v) is 5.36. The molecular formula is C30H44N2O3. The van der Waals surface area contributed by atoms with Crippen LogP contribution in [-0.4, -0.2) is 44.4 Å². The molecule has 2 aromatic rings. The quantitative estimate of drug-likeness (QED) is 0.339. The summed E-state index contributed by atoms with van der Waals surface area (Å²) < 4.78 is 5.21. The molecule has 192 valence electrons. The molecule has 0 heterocycles. The number of rotatable bonds is 13. The van der Waals surface area contributed by atoms with Gasteiger partial charge in [0.2, 0.25) is 0 Å². The molecule has 2 unspecified atom stereocenters. The average molecular weight is 481 g/mol. The molecule has 0 spiro atoms. The first-order valence-electron chi connectivity index (χ1n) is 13.3. The highest BCUT2D eigenvalue weighted by Crippen LogP contribution is 2.35. The number of methoxy groups -OCH3 is 1. The lowest BCUT2D eigenvalue weighted by Crippen LogP contribution is -2.42. The van der Waals surface area contributed by atoms with E-state index in [9.17, 15) is 9.90 Å². The Bertz CT molecular complexity index is 908. The Kier molecular flexibility index (Phi) is 10.8. The molecule has 0 saturated heterocycles. The van der Waals surface area contributed by atoms with Crippen molar-refractivity contribution in [2.45, 2.75) is 76.4 Å². The molecule has 2 atom stereocenters. The van der Waals surface area contributed by atoms with Crippen molar-refractivity contribution < 1.29 is 14.6 Å². The Morgan fingerprint density at radius 1 is 1.09 bits per heavy atom. The number of hydrogen-bond acceptors (Lipinski definition) is 4. The third-order valence-corrected chi connectivity index (χ3v) is 7.40. The predicted octanol–water partition coefficient (Wildman–Crippen LogP) is 5.34. The number of aliphatic hydroxyl groups is 1. The minimum Gasteiger partial charge on any atom is -0.385 e. The second kappa shape index (κ2) is 13.8. The molecule has 5 heteroatoms. The summed E-state index contributed by atoms with van der Waals surface area (Å²) in [6.07, 6.45) is 9.73. The summed E-state index contributed by atoms with van der Waals surface area (Å²) in [6.45, 7) is 3.47. The van der Waals surface area contributed by atoms with Crippen LogP contribution in [0.4, 0.5) is 0 Å². The van der Waals surface area contributed by atoms with Crippen LogP contribution in [0.3, 0.4) is 0 Å². The smallest absolute Gasteiger partial charge is 0.251 e. The summed E-state index contributed by atoms with van der Waals surface area (Å²) in [5, 5.41) is 18.5. The molecule has 2 aromatic carbocycles. The number of ether oxygens (including phenoxy) is 1. The molecule has 0 aromatic heterocycles. The van der Waals surface area contributed by atoms with Crippen LogP contribution in [0.25, 0.3) is 0 Å². The summed E-state index contributed by atoms with van der Waals surface area (Å²) in [5.41, 5.74) is 2.18. The Balaban J connectivity index is 1.79. The number of amides is 1. The Hall–Kier alpha value is -2.21. The maximum atomic E-state index is 13.3. The standard InChI is InChI=1S/C30H44N2O3/c1-23-14-16-26(17-15-23)30(34,18-7-8-19-35-3)27-13-9-12-25(21-27)29(33)32-28(22-31-2)20-24-10-5-4-6-11-24/h9,12-17,21,24,28,31,34H,4-8,10-11,18-20,22H2,1-3H3,(H,32,33). The van der Waals surface area contributed by atoms with E-state index in [-0.39, 0.29) is 11.9 Å². The molecule has 5 nitrogen and oxygen atoms in total. The van der Waals surface area contributed by atoms with Gasteiger partial charge in [-0.1, -0.05) is 74.1 Å². The first-order valence-corrected chi connectivity index (χ1v) is 13.3. The van der Waals surface area contributed by atoms with E-state index in [1.165, 1.54) is 32.1 Å². The van der Waals surface area contributed by atoms with Gasteiger partial charge in [0.25, 0.3) is 5.91 Å².